The molecule has 0 spiro atoms. The lowest BCUT2D eigenvalue weighted by atomic mass is 10.1. The fourth-order valence-corrected chi connectivity index (χ4v) is 2.15. The molecule has 1 aliphatic rings. The molecule has 0 unspecified atom stereocenters. The van der Waals surface area contributed by atoms with Crippen LogP contribution < -0.4 is 11.1 Å². The Hall–Kier alpha value is -0.840. The van der Waals surface area contributed by atoms with Crippen molar-refractivity contribution in [3.05, 3.63) is 28.8 Å². The zero-order valence-electron chi connectivity index (χ0n) is 10.8. The SMILES string of the molecule is NC(=S)c1cc(Cl)ccc1NCCCOCC1CC1. The van der Waals surface area contributed by atoms with Crippen LogP contribution in [0.2, 0.25) is 5.02 Å². The molecule has 0 bridgehead atoms. The lowest BCUT2D eigenvalue weighted by Gasteiger charge is -2.11. The van der Waals surface area contributed by atoms with E-state index in [4.69, 9.17) is 34.3 Å². The summed E-state index contributed by atoms with van der Waals surface area (Å²) in [7, 11) is 0. The van der Waals surface area contributed by atoms with Gasteiger partial charge in [0.2, 0.25) is 0 Å². The van der Waals surface area contributed by atoms with Crippen LogP contribution in [0.4, 0.5) is 5.69 Å². The van der Waals surface area contributed by atoms with Gasteiger partial charge in [0.1, 0.15) is 4.99 Å². The summed E-state index contributed by atoms with van der Waals surface area (Å²) in [6.07, 6.45) is 3.63. The predicted octanol–water partition coefficient (Wildman–Crippen LogP) is 3.20. The lowest BCUT2D eigenvalue weighted by molar-refractivity contribution is 0.124. The number of halogens is 1. The molecule has 3 N–H and O–H groups in total. The topological polar surface area (TPSA) is 47.3 Å². The molecule has 0 amide bonds. The van der Waals surface area contributed by atoms with Gasteiger partial charge in [-0.3, -0.25) is 0 Å². The number of hydrogen-bond acceptors (Lipinski definition) is 3. The summed E-state index contributed by atoms with van der Waals surface area (Å²) in [4.78, 5) is 0.356. The van der Waals surface area contributed by atoms with Gasteiger partial charge in [-0.05, 0) is 43.4 Å². The maximum Gasteiger partial charge on any atom is 0.106 e. The van der Waals surface area contributed by atoms with E-state index < -0.39 is 0 Å². The molecule has 1 aliphatic carbocycles. The molecule has 1 aromatic carbocycles. The largest absolute Gasteiger partial charge is 0.389 e. The lowest BCUT2D eigenvalue weighted by Crippen LogP contribution is -2.14. The van der Waals surface area contributed by atoms with Crippen molar-refractivity contribution in [3.8, 4) is 0 Å². The Bertz CT molecular complexity index is 449. The van der Waals surface area contributed by atoms with Gasteiger partial charge >= 0.3 is 0 Å². The molecule has 3 nitrogen and oxygen atoms in total. The van der Waals surface area contributed by atoms with E-state index in [0.717, 1.165) is 43.3 Å². The zero-order valence-corrected chi connectivity index (χ0v) is 12.4. The fourth-order valence-electron chi connectivity index (χ4n) is 1.81. The van der Waals surface area contributed by atoms with E-state index >= 15 is 0 Å². The second-order valence-corrected chi connectivity index (χ2v) is 5.73. The summed E-state index contributed by atoms with van der Waals surface area (Å²) in [6, 6.07) is 5.52. The Kier molecular flexibility index (Phi) is 5.43. The minimum Gasteiger partial charge on any atom is -0.389 e. The normalized spacial score (nSPS) is 14.4. The molecule has 2 rings (SSSR count). The third-order valence-electron chi connectivity index (χ3n) is 3.08. The summed E-state index contributed by atoms with van der Waals surface area (Å²) in [5.41, 5.74) is 7.41. The first-order valence-corrected chi connectivity index (χ1v) is 7.36. The average molecular weight is 299 g/mol. The number of anilines is 1. The van der Waals surface area contributed by atoms with Crippen molar-refractivity contribution in [3.63, 3.8) is 0 Å². The Morgan fingerprint density at radius 3 is 2.95 bits per heavy atom. The Labute approximate surface area is 124 Å². The standard InChI is InChI=1S/C14H19ClN2OS/c15-11-4-5-13(12(8-11)14(16)19)17-6-1-7-18-9-10-2-3-10/h4-5,8,10,17H,1-3,6-7,9H2,(H2,16,19). The monoisotopic (exact) mass is 298 g/mol. The van der Waals surface area contributed by atoms with Gasteiger partial charge in [-0.25, -0.2) is 0 Å². The van der Waals surface area contributed by atoms with Gasteiger partial charge in [0.15, 0.2) is 0 Å². The maximum absolute atomic E-state index is 5.94. The quantitative estimate of drug-likeness (QED) is 0.571. The minimum atomic E-state index is 0.356. The summed E-state index contributed by atoms with van der Waals surface area (Å²) in [5.74, 6) is 0.824. The molecular weight excluding hydrogens is 280 g/mol. The number of thiocarbonyl (C=S) groups is 1. The highest BCUT2D eigenvalue weighted by molar-refractivity contribution is 7.80. The summed E-state index contributed by atoms with van der Waals surface area (Å²) >= 11 is 11.0. The van der Waals surface area contributed by atoms with Gasteiger partial charge in [-0.2, -0.15) is 0 Å². The third kappa shape index (κ3) is 4.97. The van der Waals surface area contributed by atoms with Crippen LogP contribution in [-0.2, 0) is 4.74 Å². The van der Waals surface area contributed by atoms with E-state index in [9.17, 15) is 0 Å². The second kappa shape index (κ2) is 7.08. The molecule has 19 heavy (non-hydrogen) atoms. The average Bonchev–Trinajstić information content (AvgIpc) is 3.19. The van der Waals surface area contributed by atoms with Crippen LogP contribution in [0.3, 0.4) is 0 Å². The van der Waals surface area contributed by atoms with Crippen molar-refractivity contribution in [1.29, 1.82) is 0 Å². The molecule has 1 fully saturated rings. The highest BCUT2D eigenvalue weighted by atomic mass is 35.5. The van der Waals surface area contributed by atoms with Gasteiger partial charge in [0.25, 0.3) is 0 Å². The van der Waals surface area contributed by atoms with Gasteiger partial charge in [-0.1, -0.05) is 23.8 Å². The number of nitrogens with one attached hydrogen (secondary N) is 1. The summed E-state index contributed by atoms with van der Waals surface area (Å²) in [6.45, 7) is 2.54. The Balaban J connectivity index is 1.73. The molecule has 0 atom stereocenters. The van der Waals surface area contributed by atoms with Gasteiger partial charge in [0, 0.05) is 36.0 Å². The van der Waals surface area contributed by atoms with Crippen LogP contribution in [0.1, 0.15) is 24.8 Å². The molecule has 104 valence electrons. The molecule has 5 heteroatoms. The van der Waals surface area contributed by atoms with Crippen molar-refractivity contribution < 1.29 is 4.74 Å². The van der Waals surface area contributed by atoms with Crippen molar-refractivity contribution in [2.75, 3.05) is 25.1 Å². The van der Waals surface area contributed by atoms with E-state index in [1.54, 1.807) is 6.07 Å². The Morgan fingerprint density at radius 2 is 2.26 bits per heavy atom. The van der Waals surface area contributed by atoms with Crippen molar-refractivity contribution in [2.45, 2.75) is 19.3 Å². The molecule has 0 heterocycles. The minimum absolute atomic E-state index is 0.356. The summed E-state index contributed by atoms with van der Waals surface area (Å²) < 4.78 is 5.58. The highest BCUT2D eigenvalue weighted by Gasteiger charge is 2.20. The third-order valence-corrected chi connectivity index (χ3v) is 3.53. The van der Waals surface area contributed by atoms with E-state index in [1.165, 1.54) is 12.8 Å². The second-order valence-electron chi connectivity index (χ2n) is 4.85. The molecule has 0 radical (unpaired) electrons. The molecule has 1 aromatic rings. The number of rotatable bonds is 8. The smallest absolute Gasteiger partial charge is 0.106 e. The van der Waals surface area contributed by atoms with E-state index in [-0.39, 0.29) is 0 Å². The molecule has 0 aliphatic heterocycles. The van der Waals surface area contributed by atoms with E-state index in [0.29, 0.717) is 10.0 Å². The Morgan fingerprint density at radius 1 is 1.47 bits per heavy atom. The number of nitrogens with two attached hydrogens (primary N) is 1. The first kappa shape index (κ1) is 14.6. The first-order valence-electron chi connectivity index (χ1n) is 6.58. The summed E-state index contributed by atoms with van der Waals surface area (Å²) in [5, 5.41) is 3.96. The van der Waals surface area contributed by atoms with Crippen LogP contribution >= 0.6 is 23.8 Å². The van der Waals surface area contributed by atoms with Crippen LogP contribution in [0, 0.1) is 5.92 Å². The van der Waals surface area contributed by atoms with E-state index in [2.05, 4.69) is 5.32 Å². The van der Waals surface area contributed by atoms with Gasteiger partial charge in [0.05, 0.1) is 0 Å². The first-order chi connectivity index (χ1) is 9.16. The molecule has 0 saturated heterocycles. The molecule has 1 saturated carbocycles. The van der Waals surface area contributed by atoms with Crippen LogP contribution in [0.5, 0.6) is 0 Å². The predicted molar refractivity (Wildman–Crippen MR) is 84.0 cm³/mol. The number of benzene rings is 1. The van der Waals surface area contributed by atoms with Crippen LogP contribution in [-0.4, -0.2) is 24.7 Å². The van der Waals surface area contributed by atoms with Crippen LogP contribution in [0.25, 0.3) is 0 Å². The maximum atomic E-state index is 5.94. The fraction of sp³-hybridized carbons (Fsp3) is 0.500. The van der Waals surface area contributed by atoms with Crippen molar-refractivity contribution >= 4 is 34.5 Å². The van der Waals surface area contributed by atoms with Gasteiger partial charge in [-0.15, -0.1) is 0 Å². The van der Waals surface area contributed by atoms with Gasteiger partial charge < -0.3 is 15.8 Å². The van der Waals surface area contributed by atoms with Crippen molar-refractivity contribution in [2.24, 2.45) is 11.7 Å². The number of hydrogen-bond donors (Lipinski definition) is 2. The van der Waals surface area contributed by atoms with E-state index in [1.807, 2.05) is 12.1 Å². The molecular formula is C14H19ClN2OS. The van der Waals surface area contributed by atoms with Crippen molar-refractivity contribution in [1.82, 2.24) is 0 Å². The molecule has 0 aromatic heterocycles. The van der Waals surface area contributed by atoms with Crippen LogP contribution in [0.15, 0.2) is 18.2 Å². The number of ether oxygens (including phenoxy) is 1. The highest BCUT2D eigenvalue weighted by Crippen LogP contribution is 2.28. The zero-order chi connectivity index (χ0) is 13.7.